The summed E-state index contributed by atoms with van der Waals surface area (Å²) in [5.41, 5.74) is -0.565. The van der Waals surface area contributed by atoms with E-state index in [1.165, 1.54) is 11.8 Å². The van der Waals surface area contributed by atoms with Crippen LogP contribution in [0, 0.1) is 5.92 Å². The summed E-state index contributed by atoms with van der Waals surface area (Å²) in [4.78, 5) is 16.9. The van der Waals surface area contributed by atoms with Gasteiger partial charge in [0, 0.05) is 23.9 Å². The molecule has 0 saturated heterocycles. The summed E-state index contributed by atoms with van der Waals surface area (Å²) in [6, 6.07) is 3.85. The number of hydrogen-bond donors (Lipinski definition) is 1. The second-order valence-corrected chi connectivity index (χ2v) is 7.74. The van der Waals surface area contributed by atoms with Gasteiger partial charge in [-0.05, 0) is 24.5 Å². The predicted molar refractivity (Wildman–Crippen MR) is 103 cm³/mol. The zero-order chi connectivity index (χ0) is 18.6. The van der Waals surface area contributed by atoms with Crippen molar-refractivity contribution >= 4 is 22.4 Å². The Bertz CT molecular complexity index is 792. The third kappa shape index (κ3) is 3.90. The molecule has 0 amide bonds. The third-order valence-electron chi connectivity index (χ3n) is 4.47. The maximum Gasteiger partial charge on any atom is 0.302 e. The Hall–Kier alpha value is -2.34. The Kier molecular flexibility index (Phi) is 5.61. The molecule has 1 aliphatic carbocycles. The van der Waals surface area contributed by atoms with Crippen LogP contribution in [0.25, 0.3) is 0 Å². The number of allylic oxidation sites excluding steroid dienone is 2. The first-order chi connectivity index (χ1) is 12.5. The second kappa shape index (κ2) is 7.91. The molecule has 6 heteroatoms. The molecule has 2 aromatic rings. The van der Waals surface area contributed by atoms with Gasteiger partial charge in [0.05, 0.1) is 12.9 Å². The summed E-state index contributed by atoms with van der Waals surface area (Å²) in [7, 11) is 0. The predicted octanol–water partition coefficient (Wildman–Crippen LogP) is 4.86. The van der Waals surface area contributed by atoms with E-state index in [9.17, 15) is 4.79 Å². The van der Waals surface area contributed by atoms with E-state index in [-0.39, 0.29) is 11.9 Å². The Balaban J connectivity index is 1.90. The third-order valence-corrected chi connectivity index (χ3v) is 5.68. The fourth-order valence-electron chi connectivity index (χ4n) is 3.10. The maximum atomic E-state index is 11.1. The van der Waals surface area contributed by atoms with E-state index in [1.54, 1.807) is 17.6 Å². The number of nitrogens with one attached hydrogen (secondary N) is 1. The van der Waals surface area contributed by atoms with E-state index in [0.29, 0.717) is 18.9 Å². The number of carbonyl (C=O) groups excluding carboxylic acids is 1. The molecule has 0 fully saturated rings. The van der Waals surface area contributed by atoms with Gasteiger partial charge in [-0.15, -0.1) is 11.3 Å². The molecule has 2 aromatic heterocycles. The SMILES string of the molecule is CC(=O)OCCC1C=CC=CC1(Nc1ncc(C(C)C)s1)c1ccco1. The summed E-state index contributed by atoms with van der Waals surface area (Å²) < 4.78 is 11.0. The number of furan rings is 1. The van der Waals surface area contributed by atoms with Gasteiger partial charge in [0.2, 0.25) is 0 Å². The highest BCUT2D eigenvalue weighted by molar-refractivity contribution is 7.15. The van der Waals surface area contributed by atoms with Gasteiger partial charge in [0.25, 0.3) is 0 Å². The molecule has 2 atom stereocenters. The first-order valence-electron chi connectivity index (χ1n) is 8.78. The largest absolute Gasteiger partial charge is 0.466 e. The van der Waals surface area contributed by atoms with E-state index < -0.39 is 5.54 Å². The van der Waals surface area contributed by atoms with E-state index >= 15 is 0 Å². The van der Waals surface area contributed by atoms with Crippen LogP contribution in [0.5, 0.6) is 0 Å². The van der Waals surface area contributed by atoms with Gasteiger partial charge in [0.15, 0.2) is 5.13 Å². The van der Waals surface area contributed by atoms with Crippen molar-refractivity contribution in [2.75, 3.05) is 11.9 Å². The standard InChI is InChI=1S/C20H24N2O3S/c1-14(2)17-13-21-19(26-17)22-20(18-8-6-11-25-18)10-5-4-7-16(20)9-12-24-15(3)23/h4-8,10-11,13-14,16H,9,12H2,1-3H3,(H,21,22). The molecular weight excluding hydrogens is 348 g/mol. The van der Waals surface area contributed by atoms with E-state index in [4.69, 9.17) is 9.15 Å². The molecule has 26 heavy (non-hydrogen) atoms. The fraction of sp³-hybridized carbons (Fsp3) is 0.400. The van der Waals surface area contributed by atoms with Gasteiger partial charge in [-0.3, -0.25) is 4.79 Å². The van der Waals surface area contributed by atoms with Crippen LogP contribution in [0.4, 0.5) is 5.13 Å². The number of esters is 1. The minimum Gasteiger partial charge on any atom is -0.466 e. The van der Waals surface area contributed by atoms with Gasteiger partial charge < -0.3 is 14.5 Å². The Morgan fingerprint density at radius 3 is 2.96 bits per heavy atom. The number of anilines is 1. The molecule has 0 bridgehead atoms. The van der Waals surface area contributed by atoms with Crippen LogP contribution in [-0.2, 0) is 15.1 Å². The highest BCUT2D eigenvalue weighted by Crippen LogP contribution is 2.41. The minimum atomic E-state index is -0.565. The Morgan fingerprint density at radius 1 is 1.46 bits per heavy atom. The lowest BCUT2D eigenvalue weighted by atomic mass is 9.77. The van der Waals surface area contributed by atoms with E-state index in [0.717, 1.165) is 10.9 Å². The van der Waals surface area contributed by atoms with Gasteiger partial charge >= 0.3 is 5.97 Å². The van der Waals surface area contributed by atoms with Crippen LogP contribution in [0.1, 0.15) is 43.7 Å². The van der Waals surface area contributed by atoms with Gasteiger partial charge in [-0.1, -0.05) is 38.2 Å². The lowest BCUT2D eigenvalue weighted by Crippen LogP contribution is -2.41. The fourth-order valence-corrected chi connectivity index (χ4v) is 3.99. The molecule has 0 aliphatic heterocycles. The lowest BCUT2D eigenvalue weighted by Gasteiger charge is -2.37. The molecule has 2 heterocycles. The van der Waals surface area contributed by atoms with E-state index in [2.05, 4.69) is 36.3 Å². The average Bonchev–Trinajstić information content (AvgIpc) is 3.28. The van der Waals surface area contributed by atoms with Gasteiger partial charge in [-0.2, -0.15) is 0 Å². The number of rotatable bonds is 7. The Morgan fingerprint density at radius 2 is 2.31 bits per heavy atom. The van der Waals surface area contributed by atoms with Gasteiger partial charge in [0.1, 0.15) is 11.3 Å². The van der Waals surface area contributed by atoms with Crippen molar-refractivity contribution in [3.63, 3.8) is 0 Å². The van der Waals surface area contributed by atoms with Crippen molar-refractivity contribution in [3.8, 4) is 0 Å². The summed E-state index contributed by atoms with van der Waals surface area (Å²) in [5, 5.41) is 4.44. The van der Waals surface area contributed by atoms with Crippen molar-refractivity contribution in [2.24, 2.45) is 5.92 Å². The highest BCUT2D eigenvalue weighted by atomic mass is 32.1. The number of carbonyl (C=O) groups is 1. The topological polar surface area (TPSA) is 64.4 Å². The Labute approximate surface area is 157 Å². The molecule has 3 rings (SSSR count). The number of nitrogens with zero attached hydrogens (tertiary/aromatic N) is 1. The number of aromatic nitrogens is 1. The van der Waals surface area contributed by atoms with E-state index in [1.807, 2.05) is 30.5 Å². The first-order valence-corrected chi connectivity index (χ1v) is 9.60. The number of ether oxygens (including phenoxy) is 1. The summed E-state index contributed by atoms with van der Waals surface area (Å²) in [5.74, 6) is 1.04. The molecule has 0 spiro atoms. The van der Waals surface area contributed by atoms with Crippen LogP contribution in [-0.4, -0.2) is 17.6 Å². The zero-order valence-corrected chi connectivity index (χ0v) is 16.1. The second-order valence-electron chi connectivity index (χ2n) is 6.67. The lowest BCUT2D eigenvalue weighted by molar-refractivity contribution is -0.141. The number of thiazole rings is 1. The molecule has 0 aromatic carbocycles. The minimum absolute atomic E-state index is 0.0596. The molecule has 2 unspecified atom stereocenters. The summed E-state index contributed by atoms with van der Waals surface area (Å²) in [6.45, 7) is 6.10. The van der Waals surface area contributed by atoms with Gasteiger partial charge in [-0.25, -0.2) is 4.98 Å². The quantitative estimate of drug-likeness (QED) is 0.703. The van der Waals surface area contributed by atoms with Crippen molar-refractivity contribution in [3.05, 3.63) is 59.5 Å². The van der Waals surface area contributed by atoms with Crippen molar-refractivity contribution in [1.29, 1.82) is 0 Å². The van der Waals surface area contributed by atoms with Crippen molar-refractivity contribution in [1.82, 2.24) is 4.98 Å². The molecular formula is C20H24N2O3S. The van der Waals surface area contributed by atoms with Crippen molar-refractivity contribution in [2.45, 2.75) is 38.6 Å². The molecule has 1 aliphatic rings. The first kappa shape index (κ1) is 18.5. The zero-order valence-electron chi connectivity index (χ0n) is 15.3. The van der Waals surface area contributed by atoms with Crippen molar-refractivity contribution < 1.29 is 13.9 Å². The summed E-state index contributed by atoms with van der Waals surface area (Å²) in [6.07, 6.45) is 12.5. The highest BCUT2D eigenvalue weighted by Gasteiger charge is 2.41. The van der Waals surface area contributed by atoms with Crippen LogP contribution in [0.3, 0.4) is 0 Å². The molecule has 5 nitrogen and oxygen atoms in total. The van der Waals surface area contributed by atoms with Crippen LogP contribution in [0.15, 0.2) is 53.3 Å². The molecule has 138 valence electrons. The summed E-state index contributed by atoms with van der Waals surface area (Å²) >= 11 is 1.65. The normalized spacial score (nSPS) is 21.9. The smallest absolute Gasteiger partial charge is 0.302 e. The molecule has 0 radical (unpaired) electrons. The van der Waals surface area contributed by atoms with Crippen LogP contribution >= 0.6 is 11.3 Å². The van der Waals surface area contributed by atoms with Crippen LogP contribution < -0.4 is 5.32 Å². The molecule has 1 N–H and O–H groups in total. The number of hydrogen-bond acceptors (Lipinski definition) is 6. The van der Waals surface area contributed by atoms with Crippen LogP contribution in [0.2, 0.25) is 0 Å². The maximum absolute atomic E-state index is 11.1. The molecule has 0 saturated carbocycles. The monoisotopic (exact) mass is 372 g/mol. The average molecular weight is 372 g/mol.